The molecule has 0 atom stereocenters. The first-order valence-corrected chi connectivity index (χ1v) is 6.24. The Morgan fingerprint density at radius 1 is 1.32 bits per heavy atom. The summed E-state index contributed by atoms with van der Waals surface area (Å²) in [6.45, 7) is -0.768. The van der Waals surface area contributed by atoms with E-state index < -0.39 is 24.2 Å². The summed E-state index contributed by atoms with van der Waals surface area (Å²) in [7, 11) is 1.17. The molecule has 1 N–H and O–H groups in total. The van der Waals surface area contributed by atoms with Crippen molar-refractivity contribution in [1.29, 1.82) is 0 Å². The zero-order valence-corrected chi connectivity index (χ0v) is 11.9. The van der Waals surface area contributed by atoms with Gasteiger partial charge in [-0.15, -0.1) is 0 Å². The molecule has 0 aliphatic carbocycles. The highest BCUT2D eigenvalue weighted by molar-refractivity contribution is 5.95. The van der Waals surface area contributed by atoms with Crippen LogP contribution in [0.2, 0.25) is 0 Å². The Labute approximate surface area is 129 Å². The quantitative estimate of drug-likeness (QED) is 0.869. The fraction of sp³-hybridized carbons (Fsp3) is 0.200. The lowest BCUT2D eigenvalue weighted by Crippen LogP contribution is -2.24. The molecule has 1 amide bonds. The highest BCUT2D eigenvalue weighted by atomic mass is 19.1. The van der Waals surface area contributed by atoms with Crippen molar-refractivity contribution in [3.05, 3.63) is 58.9 Å². The number of carbonyl (C=O) groups excluding carboxylic acids is 2. The number of hydrogen-bond acceptors (Lipinski definition) is 5. The van der Waals surface area contributed by atoms with Crippen LogP contribution >= 0.6 is 0 Å². The molecule has 2 aromatic rings. The molecule has 0 aliphatic rings. The van der Waals surface area contributed by atoms with Crippen molar-refractivity contribution in [1.82, 2.24) is 15.3 Å². The molecule has 0 bridgehead atoms. The summed E-state index contributed by atoms with van der Waals surface area (Å²) in [5.74, 6) is -2.07. The minimum atomic E-state index is -2.26. The van der Waals surface area contributed by atoms with Crippen molar-refractivity contribution in [2.75, 3.05) is 7.11 Å². The zero-order valence-electron chi connectivity index (χ0n) is 13.9. The van der Waals surface area contributed by atoms with Crippen molar-refractivity contribution < 1.29 is 21.5 Å². The molecule has 1 aromatic carbocycles. The second kappa shape index (κ2) is 6.75. The number of hydrogen-bond donors (Lipinski definition) is 1. The molecule has 0 unspecified atom stereocenters. The Morgan fingerprint density at radius 2 is 2.05 bits per heavy atom. The maximum atomic E-state index is 13.3. The Morgan fingerprint density at radius 3 is 2.73 bits per heavy atom. The smallest absolute Gasteiger partial charge is 0.356 e. The van der Waals surface area contributed by atoms with Crippen molar-refractivity contribution in [2.45, 2.75) is 13.4 Å². The highest BCUT2D eigenvalue weighted by Crippen LogP contribution is 2.09. The van der Waals surface area contributed by atoms with Crippen molar-refractivity contribution in [3.8, 4) is 0 Å². The van der Waals surface area contributed by atoms with Gasteiger partial charge in [0.15, 0.2) is 5.69 Å². The van der Waals surface area contributed by atoms with Crippen molar-refractivity contribution in [3.63, 3.8) is 0 Å². The molecule has 22 heavy (non-hydrogen) atoms. The third kappa shape index (κ3) is 3.63. The SMILES string of the molecule is [2H]C([2H])(NC(=O)c1cc(C(=O)OC)ncn1)c1ccc(F)c(C)c1. The fourth-order valence-corrected chi connectivity index (χ4v) is 1.61. The number of benzene rings is 1. The van der Waals surface area contributed by atoms with Crippen LogP contribution in [0.1, 0.15) is 34.8 Å². The van der Waals surface area contributed by atoms with E-state index in [1.807, 2.05) is 0 Å². The molecule has 7 heteroatoms. The molecule has 0 radical (unpaired) electrons. The number of nitrogens with one attached hydrogen (secondary N) is 1. The van der Waals surface area contributed by atoms with Crippen LogP contribution in [-0.2, 0) is 11.2 Å². The lowest BCUT2D eigenvalue weighted by Gasteiger charge is -2.06. The minimum Gasteiger partial charge on any atom is -0.464 e. The van der Waals surface area contributed by atoms with E-state index in [1.165, 1.54) is 26.2 Å². The van der Waals surface area contributed by atoms with E-state index in [0.29, 0.717) is 0 Å². The number of halogens is 1. The summed E-state index contributed by atoms with van der Waals surface area (Å²) in [6, 6.07) is 4.75. The van der Waals surface area contributed by atoms with E-state index in [0.717, 1.165) is 18.5 Å². The van der Waals surface area contributed by atoms with E-state index >= 15 is 0 Å². The van der Waals surface area contributed by atoms with Gasteiger partial charge in [0, 0.05) is 12.6 Å². The standard InChI is InChI=1S/C15H14FN3O3/c1-9-5-10(3-4-11(9)16)7-17-14(20)12-6-13(15(21)22-2)19-8-18-12/h3-6,8H,7H2,1-2H3,(H,17,20)/i7D2. The lowest BCUT2D eigenvalue weighted by atomic mass is 10.1. The van der Waals surface area contributed by atoms with Gasteiger partial charge in [-0.25, -0.2) is 19.2 Å². The second-order valence-corrected chi connectivity index (χ2v) is 4.32. The van der Waals surface area contributed by atoms with Gasteiger partial charge in [-0.1, -0.05) is 12.1 Å². The van der Waals surface area contributed by atoms with Crippen LogP contribution in [0.15, 0.2) is 30.6 Å². The predicted octanol–water partition coefficient (Wildman–Crippen LogP) is 1.64. The van der Waals surface area contributed by atoms with E-state index in [2.05, 4.69) is 20.0 Å². The number of carbonyl (C=O) groups is 2. The molecule has 1 aromatic heterocycles. The molecule has 114 valence electrons. The third-order valence-electron chi connectivity index (χ3n) is 2.77. The van der Waals surface area contributed by atoms with Crippen molar-refractivity contribution >= 4 is 11.9 Å². The van der Waals surface area contributed by atoms with Gasteiger partial charge in [-0.2, -0.15) is 0 Å². The zero-order chi connectivity index (χ0) is 17.9. The highest BCUT2D eigenvalue weighted by Gasteiger charge is 2.13. The summed E-state index contributed by atoms with van der Waals surface area (Å²) in [6.07, 6.45) is 0.999. The van der Waals surface area contributed by atoms with Gasteiger partial charge in [0.25, 0.3) is 5.91 Å². The van der Waals surface area contributed by atoms with Gasteiger partial charge in [0.2, 0.25) is 0 Å². The molecule has 0 saturated heterocycles. The van der Waals surface area contributed by atoms with Gasteiger partial charge in [-0.3, -0.25) is 4.79 Å². The number of ether oxygens (including phenoxy) is 1. The second-order valence-electron chi connectivity index (χ2n) is 4.32. The average molecular weight is 305 g/mol. The third-order valence-corrected chi connectivity index (χ3v) is 2.77. The Kier molecular flexibility index (Phi) is 3.95. The average Bonchev–Trinajstić information content (AvgIpc) is 2.56. The first kappa shape index (κ1) is 12.9. The van der Waals surface area contributed by atoms with Crippen LogP contribution in [0, 0.1) is 12.7 Å². The number of amides is 1. The fourth-order valence-electron chi connectivity index (χ4n) is 1.61. The Hall–Kier alpha value is -2.83. The molecule has 0 saturated carbocycles. The molecule has 2 rings (SSSR count). The van der Waals surface area contributed by atoms with E-state index in [9.17, 15) is 14.0 Å². The van der Waals surface area contributed by atoms with Crippen LogP contribution in [0.4, 0.5) is 4.39 Å². The van der Waals surface area contributed by atoms with Gasteiger partial charge in [0.05, 0.1) is 9.85 Å². The van der Waals surface area contributed by atoms with Crippen LogP contribution in [-0.4, -0.2) is 29.0 Å². The number of methoxy groups -OCH3 is 1. The van der Waals surface area contributed by atoms with E-state index in [1.54, 1.807) is 0 Å². The van der Waals surface area contributed by atoms with Gasteiger partial charge >= 0.3 is 5.97 Å². The van der Waals surface area contributed by atoms with Crippen LogP contribution in [0.25, 0.3) is 0 Å². The molecule has 0 fully saturated rings. The largest absolute Gasteiger partial charge is 0.464 e. The molecular formula is C15H14FN3O3. The van der Waals surface area contributed by atoms with Gasteiger partial charge in [-0.05, 0) is 24.1 Å². The number of aromatic nitrogens is 2. The summed E-state index contributed by atoms with van der Waals surface area (Å²) in [5.41, 5.74) is 0.00146. The van der Waals surface area contributed by atoms with Gasteiger partial charge in [0.1, 0.15) is 17.8 Å². The molecule has 6 nitrogen and oxygen atoms in total. The molecular weight excluding hydrogens is 289 g/mol. The summed E-state index contributed by atoms with van der Waals surface area (Å²) in [5, 5.41) is 2.15. The minimum absolute atomic E-state index is 0.0806. The summed E-state index contributed by atoms with van der Waals surface area (Å²) < 4.78 is 33.7. The lowest BCUT2D eigenvalue weighted by molar-refractivity contribution is 0.0593. The summed E-state index contributed by atoms with van der Waals surface area (Å²) in [4.78, 5) is 31.0. The molecule has 0 aliphatic heterocycles. The Balaban J connectivity index is 2.24. The van der Waals surface area contributed by atoms with Crippen LogP contribution in [0.3, 0.4) is 0 Å². The number of aryl methyl sites for hydroxylation is 1. The number of rotatable bonds is 4. The number of esters is 1. The Bertz CT molecular complexity index is 799. The van der Waals surface area contributed by atoms with E-state index in [4.69, 9.17) is 2.74 Å². The first-order valence-electron chi connectivity index (χ1n) is 7.24. The molecule has 0 spiro atoms. The van der Waals surface area contributed by atoms with E-state index in [-0.39, 0.29) is 22.5 Å². The first-order chi connectivity index (χ1) is 11.2. The monoisotopic (exact) mass is 305 g/mol. The number of nitrogens with zero attached hydrogens (tertiary/aromatic N) is 2. The normalized spacial score (nSPS) is 12.1. The van der Waals surface area contributed by atoms with Crippen LogP contribution in [0.5, 0.6) is 0 Å². The van der Waals surface area contributed by atoms with Crippen molar-refractivity contribution in [2.24, 2.45) is 0 Å². The van der Waals surface area contributed by atoms with Gasteiger partial charge < -0.3 is 10.1 Å². The predicted molar refractivity (Wildman–Crippen MR) is 75.7 cm³/mol. The molecule has 1 heterocycles. The topological polar surface area (TPSA) is 81.2 Å². The van der Waals surface area contributed by atoms with Crippen LogP contribution < -0.4 is 5.32 Å². The summed E-state index contributed by atoms with van der Waals surface area (Å²) >= 11 is 0. The maximum absolute atomic E-state index is 13.3. The maximum Gasteiger partial charge on any atom is 0.356 e.